The van der Waals surface area contributed by atoms with E-state index < -0.39 is 5.97 Å². The standard InChI is InChI=1S/C11H13O2/c12-11(13)9-5-4-8-10-6-2-1-3-7-10/h1-4,6-7H,5,8-9H2,(H,12,13). The third-order valence-electron chi connectivity index (χ3n) is 1.79. The Hall–Kier alpha value is -1.31. The fourth-order valence-corrected chi connectivity index (χ4v) is 1.11. The summed E-state index contributed by atoms with van der Waals surface area (Å²) < 4.78 is 0. The Bertz CT molecular complexity index is 254. The average molecular weight is 177 g/mol. The number of hydrogen-bond acceptors (Lipinski definition) is 1. The molecule has 0 saturated heterocycles. The van der Waals surface area contributed by atoms with Gasteiger partial charge in [-0.3, -0.25) is 4.79 Å². The summed E-state index contributed by atoms with van der Waals surface area (Å²) in [5.41, 5.74) is 1.23. The lowest BCUT2D eigenvalue weighted by Crippen LogP contribution is -1.95. The number of rotatable bonds is 5. The van der Waals surface area contributed by atoms with Crippen LogP contribution in [0.3, 0.4) is 0 Å². The maximum absolute atomic E-state index is 10.2. The number of carbonyl (C=O) groups is 1. The predicted octanol–water partition coefficient (Wildman–Crippen LogP) is 2.30. The predicted molar refractivity (Wildman–Crippen MR) is 51.3 cm³/mol. The molecule has 1 aromatic rings. The Balaban J connectivity index is 2.17. The van der Waals surface area contributed by atoms with Crippen LogP contribution in [0.25, 0.3) is 0 Å². The first-order valence-electron chi connectivity index (χ1n) is 4.36. The Morgan fingerprint density at radius 3 is 2.62 bits per heavy atom. The fourth-order valence-electron chi connectivity index (χ4n) is 1.11. The van der Waals surface area contributed by atoms with Crippen molar-refractivity contribution in [3.05, 3.63) is 42.3 Å². The van der Waals surface area contributed by atoms with Gasteiger partial charge in [-0.15, -0.1) is 0 Å². The van der Waals surface area contributed by atoms with Crippen molar-refractivity contribution in [2.45, 2.75) is 19.3 Å². The van der Waals surface area contributed by atoms with E-state index in [4.69, 9.17) is 5.11 Å². The number of unbranched alkanes of at least 4 members (excludes halogenated alkanes) is 1. The Morgan fingerprint density at radius 2 is 2.00 bits per heavy atom. The highest BCUT2D eigenvalue weighted by atomic mass is 16.4. The molecule has 69 valence electrons. The monoisotopic (exact) mass is 177 g/mol. The molecule has 1 N–H and O–H groups in total. The topological polar surface area (TPSA) is 37.3 Å². The summed E-state index contributed by atoms with van der Waals surface area (Å²) >= 11 is 0. The molecule has 0 amide bonds. The molecule has 0 aliphatic rings. The molecule has 0 heterocycles. The summed E-state index contributed by atoms with van der Waals surface area (Å²) in [7, 11) is 0. The van der Waals surface area contributed by atoms with Crippen LogP contribution in [0.2, 0.25) is 0 Å². The van der Waals surface area contributed by atoms with Crippen molar-refractivity contribution in [2.24, 2.45) is 0 Å². The zero-order chi connectivity index (χ0) is 9.52. The molecule has 2 nitrogen and oxygen atoms in total. The lowest BCUT2D eigenvalue weighted by atomic mass is 10.1. The Kier molecular flexibility index (Phi) is 4.03. The molecular formula is C11H13O2. The van der Waals surface area contributed by atoms with Crippen LogP contribution < -0.4 is 0 Å². The summed E-state index contributed by atoms with van der Waals surface area (Å²) in [6, 6.07) is 10.0. The highest BCUT2D eigenvalue weighted by molar-refractivity contribution is 5.66. The van der Waals surface area contributed by atoms with E-state index in [1.54, 1.807) is 0 Å². The number of hydrogen-bond donors (Lipinski definition) is 1. The van der Waals surface area contributed by atoms with Crippen molar-refractivity contribution in [1.82, 2.24) is 0 Å². The number of aliphatic carboxylic acids is 1. The van der Waals surface area contributed by atoms with E-state index in [0.717, 1.165) is 6.42 Å². The van der Waals surface area contributed by atoms with E-state index in [9.17, 15) is 4.79 Å². The summed E-state index contributed by atoms with van der Waals surface area (Å²) in [4.78, 5) is 10.2. The minimum absolute atomic E-state index is 0.229. The molecule has 0 bridgehead atoms. The minimum Gasteiger partial charge on any atom is -0.481 e. The van der Waals surface area contributed by atoms with E-state index in [0.29, 0.717) is 6.42 Å². The second-order valence-electron chi connectivity index (χ2n) is 2.91. The highest BCUT2D eigenvalue weighted by Crippen LogP contribution is 2.04. The van der Waals surface area contributed by atoms with Gasteiger partial charge in [-0.25, -0.2) is 0 Å². The molecule has 0 atom stereocenters. The average Bonchev–Trinajstić information content (AvgIpc) is 2.14. The van der Waals surface area contributed by atoms with Crippen molar-refractivity contribution in [3.8, 4) is 0 Å². The van der Waals surface area contributed by atoms with Crippen LogP contribution in [0.15, 0.2) is 30.3 Å². The van der Waals surface area contributed by atoms with Gasteiger partial charge in [0.15, 0.2) is 0 Å². The maximum Gasteiger partial charge on any atom is 0.303 e. The lowest BCUT2D eigenvalue weighted by molar-refractivity contribution is -0.136. The van der Waals surface area contributed by atoms with Crippen LogP contribution in [0.1, 0.15) is 18.4 Å². The van der Waals surface area contributed by atoms with E-state index in [2.05, 4.69) is 0 Å². The van der Waals surface area contributed by atoms with Gasteiger partial charge in [-0.05, 0) is 24.8 Å². The summed E-state index contributed by atoms with van der Waals surface area (Å²) in [5, 5.41) is 8.39. The first-order chi connectivity index (χ1) is 6.29. The van der Waals surface area contributed by atoms with Crippen molar-refractivity contribution < 1.29 is 9.90 Å². The van der Waals surface area contributed by atoms with Crippen LogP contribution in [0.4, 0.5) is 0 Å². The van der Waals surface area contributed by atoms with Gasteiger partial charge in [-0.1, -0.05) is 30.3 Å². The van der Waals surface area contributed by atoms with Gasteiger partial charge < -0.3 is 5.11 Å². The summed E-state index contributed by atoms with van der Waals surface area (Å²) in [6.45, 7) is 0. The van der Waals surface area contributed by atoms with Crippen LogP contribution in [0.5, 0.6) is 0 Å². The van der Waals surface area contributed by atoms with Crippen molar-refractivity contribution in [1.29, 1.82) is 0 Å². The quantitative estimate of drug-likeness (QED) is 0.701. The molecule has 13 heavy (non-hydrogen) atoms. The maximum atomic E-state index is 10.2. The van der Waals surface area contributed by atoms with E-state index in [-0.39, 0.29) is 6.42 Å². The molecular weight excluding hydrogens is 164 g/mol. The first-order valence-corrected chi connectivity index (χ1v) is 4.36. The number of carboxylic acids is 1. The van der Waals surface area contributed by atoms with E-state index in [1.165, 1.54) is 5.56 Å². The molecule has 0 aliphatic heterocycles. The molecule has 0 saturated carbocycles. The second kappa shape index (κ2) is 5.36. The summed E-state index contributed by atoms with van der Waals surface area (Å²) in [5.74, 6) is -0.732. The van der Waals surface area contributed by atoms with Crippen molar-refractivity contribution in [3.63, 3.8) is 0 Å². The third kappa shape index (κ3) is 4.31. The van der Waals surface area contributed by atoms with Crippen molar-refractivity contribution >= 4 is 5.97 Å². The van der Waals surface area contributed by atoms with Gasteiger partial charge in [-0.2, -0.15) is 0 Å². The van der Waals surface area contributed by atoms with E-state index >= 15 is 0 Å². The number of benzene rings is 1. The molecule has 1 radical (unpaired) electrons. The van der Waals surface area contributed by atoms with Gasteiger partial charge in [0, 0.05) is 6.42 Å². The van der Waals surface area contributed by atoms with Crippen LogP contribution in [0, 0.1) is 6.42 Å². The third-order valence-corrected chi connectivity index (χ3v) is 1.79. The summed E-state index contributed by atoms with van der Waals surface area (Å²) in [6.07, 6.45) is 3.73. The lowest BCUT2D eigenvalue weighted by Gasteiger charge is -1.98. The van der Waals surface area contributed by atoms with E-state index in [1.807, 2.05) is 36.8 Å². The Morgan fingerprint density at radius 1 is 1.31 bits per heavy atom. The first kappa shape index (κ1) is 9.78. The van der Waals surface area contributed by atoms with Crippen molar-refractivity contribution in [2.75, 3.05) is 0 Å². The molecule has 1 rings (SSSR count). The minimum atomic E-state index is -0.732. The Labute approximate surface area is 78.2 Å². The smallest absolute Gasteiger partial charge is 0.303 e. The van der Waals surface area contributed by atoms with Crippen LogP contribution >= 0.6 is 0 Å². The van der Waals surface area contributed by atoms with Gasteiger partial charge in [0.05, 0.1) is 0 Å². The normalized spacial score (nSPS) is 9.85. The zero-order valence-electron chi connectivity index (χ0n) is 7.44. The highest BCUT2D eigenvalue weighted by Gasteiger charge is 1.97. The molecule has 1 aromatic carbocycles. The van der Waals surface area contributed by atoms with Gasteiger partial charge in [0.25, 0.3) is 0 Å². The zero-order valence-corrected chi connectivity index (χ0v) is 7.44. The SMILES string of the molecule is O=C(O)CC[CH]Cc1ccccc1. The van der Waals surface area contributed by atoms with Crippen LogP contribution in [-0.4, -0.2) is 11.1 Å². The number of carboxylic acid groups (broad SMARTS) is 1. The van der Waals surface area contributed by atoms with Gasteiger partial charge >= 0.3 is 5.97 Å². The molecule has 0 aliphatic carbocycles. The molecule has 0 aromatic heterocycles. The van der Waals surface area contributed by atoms with Gasteiger partial charge in [0.2, 0.25) is 0 Å². The second-order valence-corrected chi connectivity index (χ2v) is 2.91. The van der Waals surface area contributed by atoms with Gasteiger partial charge in [0.1, 0.15) is 0 Å². The molecule has 0 spiro atoms. The molecule has 2 heteroatoms. The molecule has 0 fully saturated rings. The fraction of sp³-hybridized carbons (Fsp3) is 0.273. The molecule has 0 unspecified atom stereocenters. The van der Waals surface area contributed by atoms with Crippen LogP contribution in [-0.2, 0) is 11.2 Å². The largest absolute Gasteiger partial charge is 0.481 e.